The van der Waals surface area contributed by atoms with Crippen molar-refractivity contribution in [2.75, 3.05) is 11.9 Å². The molecule has 0 saturated heterocycles. The lowest BCUT2D eigenvalue weighted by Gasteiger charge is -2.08. The third-order valence-electron chi connectivity index (χ3n) is 2.88. The first-order valence-corrected chi connectivity index (χ1v) is 6.63. The first kappa shape index (κ1) is 16.5. The molecule has 122 valence electrons. The van der Waals surface area contributed by atoms with Crippen molar-refractivity contribution in [3.8, 4) is 5.88 Å². The van der Waals surface area contributed by atoms with Gasteiger partial charge >= 0.3 is 0 Å². The van der Waals surface area contributed by atoms with E-state index >= 15 is 0 Å². The van der Waals surface area contributed by atoms with Crippen LogP contribution in [0.15, 0.2) is 23.0 Å². The molecule has 0 atom stereocenters. The topological polar surface area (TPSA) is 97.0 Å². The fourth-order valence-corrected chi connectivity index (χ4v) is 1.66. The van der Waals surface area contributed by atoms with E-state index in [1.54, 1.807) is 13.8 Å². The number of alkyl halides is 2. The summed E-state index contributed by atoms with van der Waals surface area (Å²) in [5.41, 5.74) is 0.133. The molecule has 9 heteroatoms. The Morgan fingerprint density at radius 1 is 1.35 bits per heavy atom. The molecular weight excluding hydrogens is 310 g/mol. The number of aromatic amines is 1. The Hall–Kier alpha value is -2.84. The van der Waals surface area contributed by atoms with Crippen LogP contribution in [-0.2, 0) is 0 Å². The van der Waals surface area contributed by atoms with E-state index in [-0.39, 0.29) is 17.4 Å². The number of aryl methyl sites for hydroxylation is 2. The van der Waals surface area contributed by atoms with Crippen LogP contribution in [0.25, 0.3) is 0 Å². The summed E-state index contributed by atoms with van der Waals surface area (Å²) in [4.78, 5) is 34.1. The van der Waals surface area contributed by atoms with Gasteiger partial charge in [0.05, 0.1) is 5.69 Å². The average Bonchev–Trinajstić information content (AvgIpc) is 2.49. The quantitative estimate of drug-likeness (QED) is 0.872. The molecular formula is C14H14F2N4O3. The van der Waals surface area contributed by atoms with Gasteiger partial charge in [-0.05, 0) is 19.9 Å². The van der Waals surface area contributed by atoms with Crippen molar-refractivity contribution >= 4 is 11.7 Å². The SMILES string of the molecule is Cc1nc(C(=O)Nc2cccc(OCC(F)F)n2)c(=O)[nH]c1C. The van der Waals surface area contributed by atoms with Gasteiger partial charge in [-0.15, -0.1) is 0 Å². The summed E-state index contributed by atoms with van der Waals surface area (Å²) in [6, 6.07) is 4.28. The van der Waals surface area contributed by atoms with E-state index in [9.17, 15) is 18.4 Å². The van der Waals surface area contributed by atoms with Crippen molar-refractivity contribution in [2.45, 2.75) is 20.3 Å². The van der Waals surface area contributed by atoms with Gasteiger partial charge in [-0.2, -0.15) is 4.98 Å². The molecule has 7 nitrogen and oxygen atoms in total. The van der Waals surface area contributed by atoms with Crippen molar-refractivity contribution < 1.29 is 18.3 Å². The number of rotatable bonds is 5. The predicted molar refractivity (Wildman–Crippen MR) is 78.0 cm³/mol. The number of hydrogen-bond donors (Lipinski definition) is 2. The van der Waals surface area contributed by atoms with Gasteiger partial charge in [0.25, 0.3) is 17.9 Å². The van der Waals surface area contributed by atoms with Gasteiger partial charge in [0.15, 0.2) is 12.3 Å². The van der Waals surface area contributed by atoms with Crippen LogP contribution in [0.2, 0.25) is 0 Å². The summed E-state index contributed by atoms with van der Waals surface area (Å²) in [6.07, 6.45) is -2.63. The fraction of sp³-hybridized carbons (Fsp3) is 0.286. The molecule has 2 aromatic heterocycles. The molecule has 0 saturated carbocycles. The Morgan fingerprint density at radius 2 is 2.09 bits per heavy atom. The van der Waals surface area contributed by atoms with Crippen molar-refractivity contribution in [3.05, 3.63) is 45.6 Å². The molecule has 0 aromatic carbocycles. The second-order valence-electron chi connectivity index (χ2n) is 4.64. The Balaban J connectivity index is 2.16. The maximum atomic E-state index is 12.1. The maximum absolute atomic E-state index is 12.1. The van der Waals surface area contributed by atoms with Gasteiger partial charge < -0.3 is 15.0 Å². The third kappa shape index (κ3) is 4.31. The molecule has 1 amide bonds. The lowest BCUT2D eigenvalue weighted by Crippen LogP contribution is -2.27. The van der Waals surface area contributed by atoms with Crippen LogP contribution in [0, 0.1) is 13.8 Å². The van der Waals surface area contributed by atoms with Crippen LogP contribution in [-0.4, -0.2) is 33.9 Å². The zero-order valence-electron chi connectivity index (χ0n) is 12.4. The summed E-state index contributed by atoms with van der Waals surface area (Å²) in [5.74, 6) is -0.765. The van der Waals surface area contributed by atoms with E-state index in [1.807, 2.05) is 0 Å². The number of amides is 1. The summed E-state index contributed by atoms with van der Waals surface area (Å²) in [7, 11) is 0. The van der Waals surface area contributed by atoms with E-state index in [1.165, 1.54) is 18.2 Å². The lowest BCUT2D eigenvalue weighted by molar-refractivity contribution is 0.0796. The summed E-state index contributed by atoms with van der Waals surface area (Å²) < 4.78 is 29.0. The molecule has 0 spiro atoms. The second-order valence-corrected chi connectivity index (χ2v) is 4.64. The highest BCUT2D eigenvalue weighted by atomic mass is 19.3. The minimum atomic E-state index is -2.63. The zero-order valence-corrected chi connectivity index (χ0v) is 12.4. The van der Waals surface area contributed by atoms with Gasteiger partial charge in [-0.1, -0.05) is 6.07 Å². The Bertz CT molecular complexity index is 777. The third-order valence-corrected chi connectivity index (χ3v) is 2.88. The highest BCUT2D eigenvalue weighted by molar-refractivity contribution is 6.02. The molecule has 23 heavy (non-hydrogen) atoms. The first-order chi connectivity index (χ1) is 10.9. The number of carbonyl (C=O) groups is 1. The summed E-state index contributed by atoms with van der Waals surface area (Å²) in [6.45, 7) is 2.51. The monoisotopic (exact) mass is 324 g/mol. The molecule has 2 N–H and O–H groups in total. The number of carbonyl (C=O) groups excluding carboxylic acids is 1. The van der Waals surface area contributed by atoms with Crippen molar-refractivity contribution in [1.82, 2.24) is 15.0 Å². The number of hydrogen-bond acceptors (Lipinski definition) is 5. The van der Waals surface area contributed by atoms with Crippen LogP contribution in [0.4, 0.5) is 14.6 Å². The summed E-state index contributed by atoms with van der Waals surface area (Å²) >= 11 is 0. The highest BCUT2D eigenvalue weighted by Gasteiger charge is 2.15. The van der Waals surface area contributed by atoms with Gasteiger partial charge in [0, 0.05) is 11.8 Å². The number of pyridine rings is 1. The molecule has 0 bridgehead atoms. The van der Waals surface area contributed by atoms with Crippen molar-refractivity contribution in [3.63, 3.8) is 0 Å². The van der Waals surface area contributed by atoms with Crippen LogP contribution >= 0.6 is 0 Å². The number of ether oxygens (including phenoxy) is 1. The molecule has 0 unspecified atom stereocenters. The number of anilines is 1. The number of nitrogens with zero attached hydrogens (tertiary/aromatic N) is 2. The Morgan fingerprint density at radius 3 is 2.78 bits per heavy atom. The Kier molecular flexibility index (Phi) is 4.99. The fourth-order valence-electron chi connectivity index (χ4n) is 1.66. The van der Waals surface area contributed by atoms with Crippen LogP contribution in [0.1, 0.15) is 21.9 Å². The number of nitrogens with one attached hydrogen (secondary N) is 2. The van der Waals surface area contributed by atoms with Crippen LogP contribution in [0.5, 0.6) is 5.88 Å². The summed E-state index contributed by atoms with van der Waals surface area (Å²) in [5, 5.41) is 2.37. The lowest BCUT2D eigenvalue weighted by atomic mass is 10.3. The minimum absolute atomic E-state index is 0.0567. The second kappa shape index (κ2) is 6.95. The molecule has 2 heterocycles. The first-order valence-electron chi connectivity index (χ1n) is 6.63. The number of halogens is 2. The highest BCUT2D eigenvalue weighted by Crippen LogP contribution is 2.13. The van der Waals surface area contributed by atoms with E-state index in [2.05, 4.69) is 20.3 Å². The number of aromatic nitrogens is 3. The predicted octanol–water partition coefficient (Wildman–Crippen LogP) is 1.68. The van der Waals surface area contributed by atoms with Crippen molar-refractivity contribution in [2.24, 2.45) is 0 Å². The minimum Gasteiger partial charge on any atom is -0.472 e. The molecule has 0 aliphatic heterocycles. The van der Waals surface area contributed by atoms with Crippen LogP contribution in [0.3, 0.4) is 0 Å². The number of H-pyrrole nitrogens is 1. The van der Waals surface area contributed by atoms with Crippen molar-refractivity contribution in [1.29, 1.82) is 0 Å². The molecule has 2 aromatic rings. The molecule has 2 rings (SSSR count). The maximum Gasteiger partial charge on any atom is 0.281 e. The van der Waals surface area contributed by atoms with Gasteiger partial charge in [-0.3, -0.25) is 9.59 Å². The van der Waals surface area contributed by atoms with E-state index < -0.39 is 24.5 Å². The van der Waals surface area contributed by atoms with Gasteiger partial charge in [0.1, 0.15) is 5.82 Å². The van der Waals surface area contributed by atoms with Gasteiger partial charge in [-0.25, -0.2) is 13.8 Å². The molecule has 0 aliphatic rings. The Labute approximate surface area is 129 Å². The molecule has 0 fully saturated rings. The average molecular weight is 324 g/mol. The van der Waals surface area contributed by atoms with Gasteiger partial charge in [0.2, 0.25) is 5.88 Å². The van der Waals surface area contributed by atoms with E-state index in [4.69, 9.17) is 4.74 Å². The van der Waals surface area contributed by atoms with E-state index in [0.717, 1.165) is 0 Å². The largest absolute Gasteiger partial charge is 0.472 e. The van der Waals surface area contributed by atoms with E-state index in [0.29, 0.717) is 11.4 Å². The molecule has 0 radical (unpaired) electrons. The van der Waals surface area contributed by atoms with Crippen LogP contribution < -0.4 is 15.6 Å². The normalized spacial score (nSPS) is 10.7. The zero-order chi connectivity index (χ0) is 17.0. The smallest absolute Gasteiger partial charge is 0.281 e. The molecule has 0 aliphatic carbocycles. The standard InChI is InChI=1S/C14H14F2N4O3/c1-7-8(2)18-13(21)12(17-7)14(22)20-10-4-3-5-11(19-10)23-6-9(15)16/h3-5,9H,6H2,1-2H3,(H,18,21)(H,19,20,22).